The predicted octanol–water partition coefficient (Wildman–Crippen LogP) is 3.01. The van der Waals surface area contributed by atoms with Gasteiger partial charge in [0.2, 0.25) is 0 Å². The summed E-state index contributed by atoms with van der Waals surface area (Å²) < 4.78 is 10.8. The molecule has 2 heteroatoms. The Morgan fingerprint density at radius 2 is 1.85 bits per heavy atom. The van der Waals surface area contributed by atoms with Gasteiger partial charge in [0, 0.05) is 6.61 Å². The van der Waals surface area contributed by atoms with Gasteiger partial charge in [-0.1, -0.05) is 26.2 Å². The fraction of sp³-hybridized carbons (Fsp3) is 1.00. The second kappa shape index (κ2) is 10.0. The molecule has 0 radical (unpaired) electrons. The van der Waals surface area contributed by atoms with E-state index in [9.17, 15) is 0 Å². The molecule has 0 rings (SSSR count). The van der Waals surface area contributed by atoms with Crippen molar-refractivity contribution in [1.82, 2.24) is 0 Å². The van der Waals surface area contributed by atoms with Crippen LogP contribution in [0.5, 0.6) is 0 Å². The third-order valence-corrected chi connectivity index (χ3v) is 2.05. The average molecular weight is 188 g/mol. The number of ether oxygens (including phenoxy) is 2. The summed E-state index contributed by atoms with van der Waals surface area (Å²) in [4.78, 5) is 0. The topological polar surface area (TPSA) is 18.5 Å². The molecule has 0 saturated heterocycles. The van der Waals surface area contributed by atoms with E-state index in [-0.39, 0.29) is 0 Å². The quantitative estimate of drug-likeness (QED) is 0.518. The lowest BCUT2D eigenvalue weighted by Gasteiger charge is -2.12. The molecule has 0 aliphatic rings. The minimum atomic E-state index is 0.395. The van der Waals surface area contributed by atoms with Gasteiger partial charge in [0.15, 0.2) is 0 Å². The van der Waals surface area contributed by atoms with Crippen molar-refractivity contribution in [3.05, 3.63) is 0 Å². The van der Waals surface area contributed by atoms with Gasteiger partial charge in [-0.15, -0.1) is 0 Å². The molecule has 1 atom stereocenters. The molecule has 1 unspecified atom stereocenters. The SMILES string of the molecule is CCCCCC(C)OCCOCC. The molecule has 0 aliphatic carbocycles. The highest BCUT2D eigenvalue weighted by Crippen LogP contribution is 2.05. The van der Waals surface area contributed by atoms with Gasteiger partial charge >= 0.3 is 0 Å². The Bertz CT molecular complexity index is 94.1. The van der Waals surface area contributed by atoms with Gasteiger partial charge in [-0.05, 0) is 20.3 Å². The zero-order chi connectivity index (χ0) is 9.94. The van der Waals surface area contributed by atoms with Gasteiger partial charge in [-0.25, -0.2) is 0 Å². The Balaban J connectivity index is 3.05. The smallest absolute Gasteiger partial charge is 0.0704 e. The zero-order valence-electron chi connectivity index (χ0n) is 9.34. The van der Waals surface area contributed by atoms with E-state index in [4.69, 9.17) is 9.47 Å². The van der Waals surface area contributed by atoms with Crippen molar-refractivity contribution in [3.63, 3.8) is 0 Å². The van der Waals surface area contributed by atoms with Crippen LogP contribution in [0.1, 0.15) is 46.5 Å². The molecular weight excluding hydrogens is 164 g/mol. The highest BCUT2D eigenvalue weighted by Gasteiger charge is 2.00. The second-order valence-corrected chi connectivity index (χ2v) is 3.37. The van der Waals surface area contributed by atoms with Crippen LogP contribution in [0.2, 0.25) is 0 Å². The highest BCUT2D eigenvalue weighted by atomic mass is 16.5. The van der Waals surface area contributed by atoms with Crippen LogP contribution in [0.4, 0.5) is 0 Å². The van der Waals surface area contributed by atoms with Crippen LogP contribution in [-0.4, -0.2) is 25.9 Å². The summed E-state index contributed by atoms with van der Waals surface area (Å²) in [5.74, 6) is 0. The van der Waals surface area contributed by atoms with E-state index in [1.54, 1.807) is 0 Å². The van der Waals surface area contributed by atoms with Gasteiger partial charge in [-0.2, -0.15) is 0 Å². The minimum Gasteiger partial charge on any atom is -0.379 e. The molecular formula is C11H24O2. The van der Waals surface area contributed by atoms with Crippen molar-refractivity contribution in [3.8, 4) is 0 Å². The number of rotatable bonds is 9. The Hall–Kier alpha value is -0.0800. The van der Waals surface area contributed by atoms with Crippen molar-refractivity contribution >= 4 is 0 Å². The molecule has 0 saturated carbocycles. The van der Waals surface area contributed by atoms with Crippen LogP contribution in [0.3, 0.4) is 0 Å². The summed E-state index contributed by atoms with van der Waals surface area (Å²) in [5.41, 5.74) is 0. The summed E-state index contributed by atoms with van der Waals surface area (Å²) >= 11 is 0. The first kappa shape index (κ1) is 12.9. The summed E-state index contributed by atoms with van der Waals surface area (Å²) in [6, 6.07) is 0. The maximum Gasteiger partial charge on any atom is 0.0704 e. The molecule has 2 nitrogen and oxygen atoms in total. The van der Waals surface area contributed by atoms with Crippen LogP contribution in [0.15, 0.2) is 0 Å². The third-order valence-electron chi connectivity index (χ3n) is 2.05. The molecule has 0 aromatic rings. The molecule has 80 valence electrons. The lowest BCUT2D eigenvalue weighted by atomic mass is 10.1. The molecule has 0 fully saturated rings. The van der Waals surface area contributed by atoms with Gasteiger partial charge in [0.25, 0.3) is 0 Å². The summed E-state index contributed by atoms with van der Waals surface area (Å²) in [7, 11) is 0. The molecule has 0 N–H and O–H groups in total. The molecule has 0 aromatic heterocycles. The third kappa shape index (κ3) is 9.84. The van der Waals surface area contributed by atoms with Crippen LogP contribution in [0.25, 0.3) is 0 Å². The van der Waals surface area contributed by atoms with E-state index in [1.807, 2.05) is 6.92 Å². The van der Waals surface area contributed by atoms with Crippen LogP contribution < -0.4 is 0 Å². The van der Waals surface area contributed by atoms with E-state index in [2.05, 4.69) is 13.8 Å². The van der Waals surface area contributed by atoms with Crippen molar-refractivity contribution < 1.29 is 9.47 Å². The minimum absolute atomic E-state index is 0.395. The molecule has 13 heavy (non-hydrogen) atoms. The molecule has 0 spiro atoms. The van der Waals surface area contributed by atoms with Crippen LogP contribution >= 0.6 is 0 Å². The van der Waals surface area contributed by atoms with E-state index in [0.29, 0.717) is 6.10 Å². The lowest BCUT2D eigenvalue weighted by molar-refractivity contribution is 0.0113. The first-order valence-electron chi connectivity index (χ1n) is 5.50. The summed E-state index contributed by atoms with van der Waals surface area (Å²) in [6.45, 7) is 8.62. The number of hydrogen-bond donors (Lipinski definition) is 0. The molecule has 0 heterocycles. The van der Waals surface area contributed by atoms with Crippen molar-refractivity contribution in [2.24, 2.45) is 0 Å². The standard InChI is InChI=1S/C11H24O2/c1-4-6-7-8-11(3)13-10-9-12-5-2/h11H,4-10H2,1-3H3. The van der Waals surface area contributed by atoms with Gasteiger partial charge < -0.3 is 9.47 Å². The van der Waals surface area contributed by atoms with E-state index >= 15 is 0 Å². The second-order valence-electron chi connectivity index (χ2n) is 3.37. The Kier molecular flexibility index (Phi) is 9.94. The first-order valence-corrected chi connectivity index (χ1v) is 5.50. The maximum atomic E-state index is 5.57. The largest absolute Gasteiger partial charge is 0.379 e. The van der Waals surface area contributed by atoms with E-state index < -0.39 is 0 Å². The van der Waals surface area contributed by atoms with Crippen molar-refractivity contribution in [2.75, 3.05) is 19.8 Å². The highest BCUT2D eigenvalue weighted by molar-refractivity contribution is 4.50. The Labute approximate surface area is 82.6 Å². The monoisotopic (exact) mass is 188 g/mol. The van der Waals surface area contributed by atoms with E-state index in [0.717, 1.165) is 19.8 Å². The molecule has 0 bridgehead atoms. The van der Waals surface area contributed by atoms with E-state index in [1.165, 1.54) is 25.7 Å². The van der Waals surface area contributed by atoms with Crippen LogP contribution in [-0.2, 0) is 9.47 Å². The van der Waals surface area contributed by atoms with Crippen molar-refractivity contribution in [1.29, 1.82) is 0 Å². The lowest BCUT2D eigenvalue weighted by Crippen LogP contribution is -2.12. The van der Waals surface area contributed by atoms with Gasteiger partial charge in [0.1, 0.15) is 0 Å². The number of hydrogen-bond acceptors (Lipinski definition) is 2. The Morgan fingerprint density at radius 1 is 1.08 bits per heavy atom. The average Bonchev–Trinajstić information content (AvgIpc) is 2.13. The fourth-order valence-corrected chi connectivity index (χ4v) is 1.22. The Morgan fingerprint density at radius 3 is 2.46 bits per heavy atom. The molecule has 0 aromatic carbocycles. The summed E-state index contributed by atoms with van der Waals surface area (Å²) in [5, 5.41) is 0. The zero-order valence-corrected chi connectivity index (χ0v) is 9.34. The molecule has 0 amide bonds. The van der Waals surface area contributed by atoms with Crippen molar-refractivity contribution in [2.45, 2.75) is 52.6 Å². The normalized spacial score (nSPS) is 13.2. The fourth-order valence-electron chi connectivity index (χ4n) is 1.22. The number of unbranched alkanes of at least 4 members (excludes halogenated alkanes) is 2. The predicted molar refractivity (Wildman–Crippen MR) is 56.0 cm³/mol. The van der Waals surface area contributed by atoms with Crippen LogP contribution in [0, 0.1) is 0 Å². The summed E-state index contributed by atoms with van der Waals surface area (Å²) in [6.07, 6.45) is 5.46. The van der Waals surface area contributed by atoms with Gasteiger partial charge in [-0.3, -0.25) is 0 Å². The first-order chi connectivity index (χ1) is 6.31. The van der Waals surface area contributed by atoms with Gasteiger partial charge in [0.05, 0.1) is 19.3 Å². The molecule has 0 aliphatic heterocycles. The maximum absolute atomic E-state index is 5.57.